The van der Waals surface area contributed by atoms with E-state index in [0.717, 1.165) is 19.5 Å². The molecule has 1 fully saturated rings. The van der Waals surface area contributed by atoms with Crippen molar-refractivity contribution < 1.29 is 4.79 Å². The van der Waals surface area contributed by atoms with Crippen molar-refractivity contribution in [1.29, 1.82) is 0 Å². The molecule has 106 valence electrons. The minimum Gasteiger partial charge on any atom is -0.334 e. The Labute approximate surface area is 123 Å². The number of nitrogens with zero attached hydrogens (tertiary/aromatic N) is 1. The van der Waals surface area contributed by atoms with Crippen molar-refractivity contribution in [3.05, 3.63) is 35.2 Å². The predicted octanol–water partition coefficient (Wildman–Crippen LogP) is 3.84. The minimum atomic E-state index is 0.0758. The maximum absolute atomic E-state index is 12.2. The number of nitrogens with one attached hydrogen (secondary N) is 1. The first-order chi connectivity index (χ1) is 9.74. The van der Waals surface area contributed by atoms with E-state index in [9.17, 15) is 4.79 Å². The largest absolute Gasteiger partial charge is 0.334 e. The fourth-order valence-corrected chi connectivity index (χ4v) is 3.79. The highest BCUT2D eigenvalue weighted by atomic mass is 32.1. The third kappa shape index (κ3) is 2.80. The molecule has 0 radical (unpaired) electrons. The number of carbonyl (C=O) groups is 1. The first-order valence-corrected chi connectivity index (χ1v) is 8.10. The summed E-state index contributed by atoms with van der Waals surface area (Å²) >= 11 is 1.74. The van der Waals surface area contributed by atoms with Crippen LogP contribution in [0.15, 0.2) is 29.6 Å². The van der Waals surface area contributed by atoms with Gasteiger partial charge in [-0.15, -0.1) is 11.3 Å². The maximum atomic E-state index is 12.2. The monoisotopic (exact) mass is 288 g/mol. The number of rotatable bonds is 2. The molecule has 1 atom stereocenters. The zero-order valence-corrected chi connectivity index (χ0v) is 12.6. The van der Waals surface area contributed by atoms with Crippen molar-refractivity contribution in [3.8, 4) is 0 Å². The Morgan fingerprint density at radius 3 is 3.15 bits per heavy atom. The summed E-state index contributed by atoms with van der Waals surface area (Å²) < 4.78 is 1.28. The molecule has 2 amide bonds. The second kappa shape index (κ2) is 5.83. The van der Waals surface area contributed by atoms with Gasteiger partial charge >= 0.3 is 6.03 Å². The maximum Gasteiger partial charge on any atom is 0.317 e. The minimum absolute atomic E-state index is 0.0758. The van der Waals surface area contributed by atoms with Crippen LogP contribution in [-0.4, -0.2) is 24.0 Å². The zero-order valence-electron chi connectivity index (χ0n) is 11.8. The molecule has 1 unspecified atom stereocenters. The van der Waals surface area contributed by atoms with Crippen LogP contribution < -0.4 is 5.32 Å². The average molecular weight is 288 g/mol. The lowest BCUT2D eigenvalue weighted by Gasteiger charge is -2.30. The van der Waals surface area contributed by atoms with Gasteiger partial charge in [0.2, 0.25) is 0 Å². The Morgan fingerprint density at radius 2 is 2.30 bits per heavy atom. The molecule has 3 nitrogen and oxygen atoms in total. The van der Waals surface area contributed by atoms with Gasteiger partial charge in [0.05, 0.1) is 0 Å². The van der Waals surface area contributed by atoms with Crippen molar-refractivity contribution in [3.63, 3.8) is 0 Å². The first-order valence-electron chi connectivity index (χ1n) is 7.22. The van der Waals surface area contributed by atoms with E-state index in [0.29, 0.717) is 12.5 Å². The molecule has 0 saturated carbocycles. The number of hydrogen-bond donors (Lipinski definition) is 1. The number of fused-ring (bicyclic) bond motifs is 1. The number of hydrogen-bond acceptors (Lipinski definition) is 2. The van der Waals surface area contributed by atoms with E-state index < -0.39 is 0 Å². The van der Waals surface area contributed by atoms with Gasteiger partial charge in [-0.1, -0.05) is 25.1 Å². The second-order valence-electron chi connectivity index (χ2n) is 5.61. The van der Waals surface area contributed by atoms with E-state index in [1.54, 1.807) is 11.3 Å². The van der Waals surface area contributed by atoms with Gasteiger partial charge in [-0.05, 0) is 41.2 Å². The van der Waals surface area contributed by atoms with E-state index >= 15 is 0 Å². The van der Waals surface area contributed by atoms with Crippen LogP contribution >= 0.6 is 11.3 Å². The Kier molecular flexibility index (Phi) is 3.92. The topological polar surface area (TPSA) is 32.3 Å². The highest BCUT2D eigenvalue weighted by Crippen LogP contribution is 2.25. The molecule has 3 rings (SSSR count). The zero-order chi connectivity index (χ0) is 13.9. The Bertz CT molecular complexity index is 607. The quantitative estimate of drug-likeness (QED) is 0.894. The molecule has 0 spiro atoms. The first kappa shape index (κ1) is 13.4. The number of piperidine rings is 1. The normalized spacial score (nSPS) is 19.2. The lowest BCUT2D eigenvalue weighted by atomic mass is 10.0. The number of thiophene rings is 1. The second-order valence-corrected chi connectivity index (χ2v) is 6.52. The van der Waals surface area contributed by atoms with Gasteiger partial charge in [0.1, 0.15) is 0 Å². The fraction of sp³-hybridized carbons (Fsp3) is 0.438. The molecule has 0 bridgehead atoms. The van der Waals surface area contributed by atoms with Crippen LogP contribution in [0.4, 0.5) is 4.79 Å². The van der Waals surface area contributed by atoms with Gasteiger partial charge in [-0.25, -0.2) is 4.79 Å². The number of amides is 2. The molecular weight excluding hydrogens is 268 g/mol. The molecule has 1 aromatic carbocycles. The summed E-state index contributed by atoms with van der Waals surface area (Å²) in [6.07, 6.45) is 2.36. The molecule has 1 aliphatic rings. The summed E-state index contributed by atoms with van der Waals surface area (Å²) in [7, 11) is 0. The molecular formula is C16H20N2OS. The smallest absolute Gasteiger partial charge is 0.317 e. The van der Waals surface area contributed by atoms with Gasteiger partial charge in [0, 0.05) is 24.3 Å². The highest BCUT2D eigenvalue weighted by molar-refractivity contribution is 7.17. The van der Waals surface area contributed by atoms with Crippen molar-refractivity contribution >= 4 is 27.5 Å². The average Bonchev–Trinajstić information content (AvgIpc) is 2.88. The van der Waals surface area contributed by atoms with Gasteiger partial charge in [0.15, 0.2) is 0 Å². The van der Waals surface area contributed by atoms with E-state index in [2.05, 4.69) is 35.8 Å². The van der Waals surface area contributed by atoms with Crippen LogP contribution in [0.25, 0.3) is 10.1 Å². The molecule has 2 heterocycles. The molecule has 1 aliphatic heterocycles. The SMILES string of the molecule is CC1CCCN(C(=O)NCc2csc3ccccc23)C1. The molecule has 20 heavy (non-hydrogen) atoms. The third-order valence-electron chi connectivity index (χ3n) is 3.94. The predicted molar refractivity (Wildman–Crippen MR) is 84.0 cm³/mol. The standard InChI is InChI=1S/C16H20N2OS/c1-12-5-4-8-18(10-12)16(19)17-9-13-11-20-15-7-3-2-6-14(13)15/h2-3,6-7,11-12H,4-5,8-10H2,1H3,(H,17,19). The van der Waals surface area contributed by atoms with Crippen LogP contribution in [0.3, 0.4) is 0 Å². The van der Waals surface area contributed by atoms with Crippen molar-refractivity contribution in [1.82, 2.24) is 10.2 Å². The van der Waals surface area contributed by atoms with Gasteiger partial charge in [-0.3, -0.25) is 0 Å². The lowest BCUT2D eigenvalue weighted by Crippen LogP contribution is -2.44. The lowest BCUT2D eigenvalue weighted by molar-refractivity contribution is 0.169. The number of likely N-dealkylation sites (tertiary alicyclic amines) is 1. The van der Waals surface area contributed by atoms with E-state index in [1.807, 2.05) is 11.0 Å². The van der Waals surface area contributed by atoms with Crippen molar-refractivity contribution in [2.75, 3.05) is 13.1 Å². The summed E-state index contributed by atoms with van der Waals surface area (Å²) in [4.78, 5) is 14.1. The molecule has 2 aromatic rings. The summed E-state index contributed by atoms with van der Waals surface area (Å²) in [6.45, 7) is 4.61. The van der Waals surface area contributed by atoms with Crippen molar-refractivity contribution in [2.24, 2.45) is 5.92 Å². The molecule has 4 heteroatoms. The Balaban J connectivity index is 1.63. The van der Waals surface area contributed by atoms with E-state index in [-0.39, 0.29) is 6.03 Å². The van der Waals surface area contributed by atoms with Gasteiger partial charge < -0.3 is 10.2 Å². The Morgan fingerprint density at radius 1 is 1.45 bits per heavy atom. The molecule has 0 aliphatic carbocycles. The third-order valence-corrected chi connectivity index (χ3v) is 4.95. The van der Waals surface area contributed by atoms with Crippen LogP contribution in [-0.2, 0) is 6.54 Å². The van der Waals surface area contributed by atoms with E-state index in [1.165, 1.54) is 22.1 Å². The molecule has 1 aromatic heterocycles. The summed E-state index contributed by atoms with van der Waals surface area (Å²) in [5.74, 6) is 0.622. The number of carbonyl (C=O) groups excluding carboxylic acids is 1. The fourth-order valence-electron chi connectivity index (χ4n) is 2.83. The molecule has 1 saturated heterocycles. The summed E-state index contributed by atoms with van der Waals surface area (Å²) in [5, 5.41) is 6.46. The molecule has 1 N–H and O–H groups in total. The summed E-state index contributed by atoms with van der Waals surface area (Å²) in [5.41, 5.74) is 1.21. The van der Waals surface area contributed by atoms with Crippen molar-refractivity contribution in [2.45, 2.75) is 26.3 Å². The van der Waals surface area contributed by atoms with Gasteiger partial charge in [0.25, 0.3) is 0 Å². The Hall–Kier alpha value is -1.55. The van der Waals surface area contributed by atoms with Crippen LogP contribution in [0.2, 0.25) is 0 Å². The summed E-state index contributed by atoms with van der Waals surface area (Å²) in [6, 6.07) is 8.42. The van der Waals surface area contributed by atoms with Crippen LogP contribution in [0.1, 0.15) is 25.3 Å². The number of urea groups is 1. The van der Waals surface area contributed by atoms with E-state index in [4.69, 9.17) is 0 Å². The van der Waals surface area contributed by atoms with Crippen LogP contribution in [0, 0.1) is 5.92 Å². The van der Waals surface area contributed by atoms with Crippen LogP contribution in [0.5, 0.6) is 0 Å². The highest BCUT2D eigenvalue weighted by Gasteiger charge is 2.20. The number of benzene rings is 1. The van der Waals surface area contributed by atoms with Gasteiger partial charge in [-0.2, -0.15) is 0 Å².